The molecule has 2 atom stereocenters. The minimum Gasteiger partial charge on any atom is -0.508 e. The topological polar surface area (TPSA) is 116 Å². The van der Waals surface area contributed by atoms with Crippen LogP contribution < -0.4 is 0 Å². The van der Waals surface area contributed by atoms with E-state index in [0.29, 0.717) is 23.4 Å². The number of carbonyl (C=O) groups excluding carboxylic acids is 1. The van der Waals surface area contributed by atoms with Gasteiger partial charge >= 0.3 is 5.97 Å². The van der Waals surface area contributed by atoms with Gasteiger partial charge in [-0.3, -0.25) is 4.99 Å². The van der Waals surface area contributed by atoms with Gasteiger partial charge in [0, 0.05) is 29.5 Å². The number of nitrogens with zero attached hydrogens (tertiary/aromatic N) is 4. The number of aliphatic hydroxyl groups is 2. The van der Waals surface area contributed by atoms with Gasteiger partial charge in [0.1, 0.15) is 5.76 Å². The third kappa shape index (κ3) is 4.00. The first-order valence-electron chi connectivity index (χ1n) is 14.3. The van der Waals surface area contributed by atoms with Crippen LogP contribution in [-0.2, 0) is 9.53 Å². The fourth-order valence-electron chi connectivity index (χ4n) is 6.55. The Kier molecular flexibility index (Phi) is 6.60. The van der Waals surface area contributed by atoms with Crippen LogP contribution in [0.5, 0.6) is 0 Å². The molecule has 0 saturated carbocycles. The minimum absolute atomic E-state index is 0.0306. The zero-order valence-corrected chi connectivity index (χ0v) is 24.8. The number of hydrogen-bond donors (Lipinski definition) is 2. The lowest BCUT2D eigenvalue weighted by atomic mass is 9.85. The van der Waals surface area contributed by atoms with Crippen LogP contribution in [0.4, 0.5) is 0 Å². The fraction of sp³-hybridized carbons (Fsp3) is 0.324. The van der Waals surface area contributed by atoms with E-state index in [1.807, 2.05) is 38.2 Å². The number of esters is 1. The van der Waals surface area contributed by atoms with Crippen molar-refractivity contribution in [1.82, 2.24) is 0 Å². The molecule has 6 rings (SSSR count). The molecule has 0 aromatic carbocycles. The average molecular weight is 563 g/mol. The first kappa shape index (κ1) is 27.6. The van der Waals surface area contributed by atoms with Crippen molar-refractivity contribution in [3.8, 4) is 0 Å². The molecule has 8 nitrogen and oxygen atoms in total. The van der Waals surface area contributed by atoms with Crippen LogP contribution in [0.2, 0.25) is 0 Å². The van der Waals surface area contributed by atoms with E-state index in [1.54, 1.807) is 0 Å². The van der Waals surface area contributed by atoms with Crippen LogP contribution in [0.15, 0.2) is 124 Å². The summed E-state index contributed by atoms with van der Waals surface area (Å²) in [6.07, 6.45) is 9.31. The van der Waals surface area contributed by atoms with E-state index in [9.17, 15) is 15.0 Å². The highest BCUT2D eigenvalue weighted by atomic mass is 16.5. The number of methoxy groups -OCH3 is 1. The molecule has 2 unspecified atom stereocenters. The molecule has 6 aliphatic rings. The lowest BCUT2D eigenvalue weighted by Crippen LogP contribution is -2.19. The van der Waals surface area contributed by atoms with E-state index in [-0.39, 0.29) is 46.6 Å². The van der Waals surface area contributed by atoms with Crippen molar-refractivity contribution in [1.29, 1.82) is 0 Å². The molecule has 1 aliphatic carbocycles. The molecular weight excluding hydrogens is 528 g/mol. The number of aliphatic hydroxyl groups excluding tert-OH is 2. The standard InChI is InChI=1S/C34H34N4O4/c1-8-19-15(3)22-12-24-17(5)21-10-11-28(39)33(40)30(31(21)37-24)32-29(34(41)42-7)18(6)25(38-32)14-27-20(9-2)16(4)23(36-27)13-26(19)35-22/h8,12-14,17,21,39-40H,1,9-11H2,2-7H3. The first-order valence-corrected chi connectivity index (χ1v) is 14.3. The van der Waals surface area contributed by atoms with Gasteiger partial charge in [-0.25, -0.2) is 19.8 Å². The Labute approximate surface area is 245 Å². The fourth-order valence-corrected chi connectivity index (χ4v) is 6.55. The van der Waals surface area contributed by atoms with Gasteiger partial charge in [0.15, 0.2) is 5.76 Å². The summed E-state index contributed by atoms with van der Waals surface area (Å²) >= 11 is 0. The second kappa shape index (κ2) is 10.0. The number of aliphatic imine (C=N–C) groups is 4. The highest BCUT2D eigenvalue weighted by molar-refractivity contribution is 6.31. The van der Waals surface area contributed by atoms with Gasteiger partial charge in [0.25, 0.3) is 0 Å². The molecule has 2 N–H and O–H groups in total. The quantitative estimate of drug-likeness (QED) is 0.367. The van der Waals surface area contributed by atoms with Gasteiger partial charge in [-0.05, 0) is 74.1 Å². The van der Waals surface area contributed by atoms with Crippen LogP contribution >= 0.6 is 0 Å². The zero-order valence-electron chi connectivity index (χ0n) is 24.8. The largest absolute Gasteiger partial charge is 0.508 e. The third-order valence-corrected chi connectivity index (χ3v) is 9.07. The maximum absolute atomic E-state index is 13.2. The summed E-state index contributed by atoms with van der Waals surface area (Å²) in [5.74, 6) is -1.18. The lowest BCUT2D eigenvalue weighted by molar-refractivity contribution is -0.135. The average Bonchev–Trinajstić information content (AvgIpc) is 3.62. The predicted molar refractivity (Wildman–Crippen MR) is 166 cm³/mol. The molecule has 0 amide bonds. The van der Waals surface area contributed by atoms with E-state index in [1.165, 1.54) is 7.11 Å². The van der Waals surface area contributed by atoms with Gasteiger partial charge in [-0.2, -0.15) is 0 Å². The smallest absolute Gasteiger partial charge is 0.340 e. The molecule has 8 heteroatoms. The van der Waals surface area contributed by atoms with E-state index in [0.717, 1.165) is 57.2 Å². The molecule has 0 spiro atoms. The summed E-state index contributed by atoms with van der Waals surface area (Å²) in [4.78, 5) is 33.2. The SMILES string of the molecule is C=CC1=C(C)C2=CC3=NC4=C(C5=NC(=CC6=NC(=CC1=N2)C(C)=C6CC)C(C)=C5C(=O)OC)C(O)=C(O)CCC4C3C. The summed E-state index contributed by atoms with van der Waals surface area (Å²) in [7, 11) is 1.32. The maximum atomic E-state index is 13.2. The Hall–Kier alpha value is -4.59. The second-order valence-electron chi connectivity index (χ2n) is 11.3. The molecule has 214 valence electrons. The number of fused-ring (bicyclic) bond motifs is 4. The molecule has 42 heavy (non-hydrogen) atoms. The number of hydrogen-bond acceptors (Lipinski definition) is 8. The number of carbonyl (C=O) groups is 1. The minimum atomic E-state index is -0.576. The molecule has 5 aliphatic heterocycles. The van der Waals surface area contributed by atoms with Crippen molar-refractivity contribution < 1.29 is 19.7 Å². The Bertz CT molecular complexity index is 1780. The van der Waals surface area contributed by atoms with Crippen molar-refractivity contribution >= 4 is 28.8 Å². The molecule has 0 aromatic heterocycles. The number of allylic oxidation sites excluding steroid dienone is 12. The first-order chi connectivity index (χ1) is 20.1. The van der Waals surface area contributed by atoms with Crippen molar-refractivity contribution in [2.45, 2.75) is 53.9 Å². The number of rotatable bonds is 3. The Morgan fingerprint density at radius 1 is 1.00 bits per heavy atom. The van der Waals surface area contributed by atoms with Crippen LogP contribution in [-0.4, -0.2) is 46.1 Å². The van der Waals surface area contributed by atoms with E-state index in [2.05, 4.69) is 27.4 Å². The highest BCUT2D eigenvalue weighted by Gasteiger charge is 2.42. The number of ether oxygens (including phenoxy) is 1. The maximum Gasteiger partial charge on any atom is 0.340 e. The Morgan fingerprint density at radius 3 is 2.36 bits per heavy atom. The van der Waals surface area contributed by atoms with E-state index < -0.39 is 5.97 Å². The van der Waals surface area contributed by atoms with Crippen molar-refractivity contribution in [2.24, 2.45) is 31.8 Å². The van der Waals surface area contributed by atoms with E-state index in [4.69, 9.17) is 24.7 Å². The lowest BCUT2D eigenvalue weighted by Gasteiger charge is -2.17. The highest BCUT2D eigenvalue weighted by Crippen LogP contribution is 2.45. The van der Waals surface area contributed by atoms with Crippen molar-refractivity contribution in [2.75, 3.05) is 7.11 Å². The van der Waals surface area contributed by atoms with Gasteiger partial charge in [-0.15, -0.1) is 0 Å². The summed E-state index contributed by atoms with van der Waals surface area (Å²) in [6.45, 7) is 14.1. The van der Waals surface area contributed by atoms with Gasteiger partial charge in [0.2, 0.25) is 0 Å². The third-order valence-electron chi connectivity index (χ3n) is 9.07. The van der Waals surface area contributed by atoms with Crippen LogP contribution in [0.25, 0.3) is 0 Å². The Balaban J connectivity index is 1.72. The van der Waals surface area contributed by atoms with Gasteiger partial charge in [-0.1, -0.05) is 26.5 Å². The molecule has 8 bridgehead atoms. The normalized spacial score (nSPS) is 25.2. The van der Waals surface area contributed by atoms with Gasteiger partial charge in [0.05, 0.1) is 58.2 Å². The Morgan fingerprint density at radius 2 is 1.67 bits per heavy atom. The summed E-state index contributed by atoms with van der Waals surface area (Å²) in [6, 6.07) is 0. The van der Waals surface area contributed by atoms with Crippen LogP contribution in [0.1, 0.15) is 53.9 Å². The molecule has 0 aromatic rings. The molecule has 0 saturated heterocycles. The monoisotopic (exact) mass is 562 g/mol. The van der Waals surface area contributed by atoms with Crippen molar-refractivity contribution in [3.63, 3.8) is 0 Å². The second-order valence-corrected chi connectivity index (χ2v) is 11.3. The summed E-state index contributed by atoms with van der Waals surface area (Å²) in [5, 5.41) is 22.3. The summed E-state index contributed by atoms with van der Waals surface area (Å²) in [5.41, 5.74) is 10.5. The van der Waals surface area contributed by atoms with Crippen molar-refractivity contribution in [3.05, 3.63) is 104 Å². The van der Waals surface area contributed by atoms with Crippen LogP contribution in [0.3, 0.4) is 0 Å². The molecule has 5 heterocycles. The molecule has 0 radical (unpaired) electrons. The van der Waals surface area contributed by atoms with E-state index >= 15 is 0 Å². The predicted octanol–water partition coefficient (Wildman–Crippen LogP) is 6.82. The van der Waals surface area contributed by atoms with Crippen LogP contribution in [0, 0.1) is 11.8 Å². The van der Waals surface area contributed by atoms with Gasteiger partial charge < -0.3 is 14.9 Å². The molecule has 0 fully saturated rings. The molecular formula is C34H34N4O4. The summed E-state index contributed by atoms with van der Waals surface area (Å²) < 4.78 is 5.19. The zero-order chi connectivity index (χ0) is 30.0.